The summed E-state index contributed by atoms with van der Waals surface area (Å²) in [7, 11) is 0. The number of nitrogens with two attached hydrogens (primary N) is 1. The summed E-state index contributed by atoms with van der Waals surface area (Å²) < 4.78 is 5.42. The molecule has 3 heterocycles. The maximum absolute atomic E-state index is 12.6. The van der Waals surface area contributed by atoms with Crippen molar-refractivity contribution in [2.24, 2.45) is 0 Å². The van der Waals surface area contributed by atoms with Gasteiger partial charge in [0.25, 0.3) is 5.91 Å². The molecule has 8 heteroatoms. The van der Waals surface area contributed by atoms with Crippen molar-refractivity contribution in [2.75, 3.05) is 37.4 Å². The Bertz CT molecular complexity index is 1080. The summed E-state index contributed by atoms with van der Waals surface area (Å²) in [6, 6.07) is 9.35. The van der Waals surface area contributed by atoms with Crippen molar-refractivity contribution in [3.05, 3.63) is 72.8 Å². The first-order valence-electron chi connectivity index (χ1n) is 10.0. The molecule has 4 rings (SSSR count). The van der Waals surface area contributed by atoms with E-state index >= 15 is 0 Å². The van der Waals surface area contributed by atoms with Crippen LogP contribution >= 0.6 is 0 Å². The molecule has 2 aromatic heterocycles. The van der Waals surface area contributed by atoms with Crippen LogP contribution in [-0.4, -0.2) is 52.3 Å². The number of hydrogen-bond donors (Lipinski definition) is 2. The van der Waals surface area contributed by atoms with Crippen molar-refractivity contribution < 1.29 is 9.53 Å². The molecule has 3 N–H and O–H groups in total. The van der Waals surface area contributed by atoms with Crippen molar-refractivity contribution >= 4 is 22.9 Å². The molecule has 1 amide bonds. The number of benzene rings is 1. The lowest BCUT2D eigenvalue weighted by Crippen LogP contribution is -2.35. The molecule has 0 unspecified atom stereocenters. The first kappa shape index (κ1) is 20.6. The molecule has 0 saturated carbocycles. The molecule has 0 atom stereocenters. The second kappa shape index (κ2) is 9.46. The van der Waals surface area contributed by atoms with E-state index < -0.39 is 0 Å². The number of carbonyl (C=O) groups is 1. The molecular formula is C23H24N6O2. The second-order valence-electron chi connectivity index (χ2n) is 7.34. The second-order valence-corrected chi connectivity index (χ2v) is 7.34. The normalized spacial score (nSPS) is 14.2. The molecule has 158 valence electrons. The first-order valence-corrected chi connectivity index (χ1v) is 10.0. The quantitative estimate of drug-likeness (QED) is 0.470. The minimum absolute atomic E-state index is 0.272. The number of morpholine rings is 1. The van der Waals surface area contributed by atoms with Gasteiger partial charge in [-0.1, -0.05) is 12.6 Å². The Kier molecular flexibility index (Phi) is 6.30. The molecule has 8 nitrogen and oxygen atoms in total. The number of hydrogen-bond acceptors (Lipinski definition) is 7. The molecule has 3 aromatic rings. The summed E-state index contributed by atoms with van der Waals surface area (Å²) in [4.78, 5) is 19.4. The van der Waals surface area contributed by atoms with Crippen LogP contribution in [0.5, 0.6) is 0 Å². The van der Waals surface area contributed by atoms with E-state index in [4.69, 9.17) is 10.5 Å². The third kappa shape index (κ3) is 5.11. The zero-order chi connectivity index (χ0) is 21.6. The molecule has 1 aliphatic heterocycles. The van der Waals surface area contributed by atoms with Gasteiger partial charge in [-0.15, -0.1) is 0 Å². The predicted octanol–water partition coefficient (Wildman–Crippen LogP) is 2.60. The van der Waals surface area contributed by atoms with Crippen molar-refractivity contribution in [3.8, 4) is 11.1 Å². The lowest BCUT2D eigenvalue weighted by atomic mass is 9.98. The number of nitrogens with zero attached hydrogens (tertiary/aromatic N) is 4. The van der Waals surface area contributed by atoms with Gasteiger partial charge in [0.1, 0.15) is 0 Å². The molecule has 0 radical (unpaired) electrons. The number of nitrogen functional groups attached to an aromatic ring is 1. The number of amides is 1. The summed E-state index contributed by atoms with van der Waals surface area (Å²) in [6.45, 7) is 8.12. The highest BCUT2D eigenvalue weighted by Crippen LogP contribution is 2.29. The lowest BCUT2D eigenvalue weighted by molar-refractivity contribution is -0.111. The molecule has 0 aliphatic carbocycles. The van der Waals surface area contributed by atoms with Crippen LogP contribution in [0, 0.1) is 0 Å². The Balaban J connectivity index is 1.54. The summed E-state index contributed by atoms with van der Waals surface area (Å²) >= 11 is 0. The van der Waals surface area contributed by atoms with Gasteiger partial charge in [0.15, 0.2) is 0 Å². The third-order valence-electron chi connectivity index (χ3n) is 5.13. The Morgan fingerprint density at radius 3 is 2.71 bits per heavy atom. The first-order chi connectivity index (χ1) is 15.1. The Labute approximate surface area is 180 Å². The van der Waals surface area contributed by atoms with Crippen molar-refractivity contribution in [1.82, 2.24) is 20.1 Å². The fourth-order valence-electron chi connectivity index (χ4n) is 3.44. The van der Waals surface area contributed by atoms with Gasteiger partial charge in [-0.05, 0) is 35.4 Å². The maximum Gasteiger partial charge on any atom is 0.255 e. The summed E-state index contributed by atoms with van der Waals surface area (Å²) in [5, 5.41) is 10.2. The van der Waals surface area contributed by atoms with E-state index in [9.17, 15) is 4.79 Å². The molecule has 0 bridgehead atoms. The highest BCUT2D eigenvalue weighted by atomic mass is 16.5. The largest absolute Gasteiger partial charge is 0.398 e. The summed E-state index contributed by atoms with van der Waals surface area (Å²) in [5.41, 5.74) is 11.0. The van der Waals surface area contributed by atoms with Crippen LogP contribution in [0.2, 0.25) is 0 Å². The van der Waals surface area contributed by atoms with E-state index in [1.807, 2.05) is 24.5 Å². The Morgan fingerprint density at radius 1 is 1.10 bits per heavy atom. The Morgan fingerprint density at radius 2 is 1.94 bits per heavy atom. The number of carbonyl (C=O) groups excluding carboxylic acids is 1. The zero-order valence-electron chi connectivity index (χ0n) is 17.1. The number of nitrogens with one attached hydrogen (secondary N) is 1. The molecule has 1 fully saturated rings. The van der Waals surface area contributed by atoms with Gasteiger partial charge in [0.05, 0.1) is 31.3 Å². The van der Waals surface area contributed by atoms with Crippen molar-refractivity contribution in [2.45, 2.75) is 6.54 Å². The van der Waals surface area contributed by atoms with E-state index in [1.165, 1.54) is 12.4 Å². The lowest BCUT2D eigenvalue weighted by Gasteiger charge is -2.26. The van der Waals surface area contributed by atoms with Crippen LogP contribution in [0.1, 0.15) is 11.1 Å². The van der Waals surface area contributed by atoms with Crippen molar-refractivity contribution in [1.29, 1.82) is 0 Å². The van der Waals surface area contributed by atoms with Gasteiger partial charge in [0, 0.05) is 54.4 Å². The van der Waals surface area contributed by atoms with Gasteiger partial charge >= 0.3 is 0 Å². The van der Waals surface area contributed by atoms with E-state index in [-0.39, 0.29) is 11.5 Å². The SMILES string of the molecule is C=C(C(=O)Nc1ccnnc1)c1cc(-c2cncc(CN3CCOCC3)c2)ccc1N. The minimum atomic E-state index is -0.351. The average Bonchev–Trinajstić information content (AvgIpc) is 2.80. The number of ether oxygens (including phenoxy) is 1. The van der Waals surface area contributed by atoms with Gasteiger partial charge in [-0.25, -0.2) is 0 Å². The monoisotopic (exact) mass is 416 g/mol. The number of anilines is 2. The van der Waals surface area contributed by atoms with Crippen LogP contribution in [-0.2, 0) is 16.1 Å². The van der Waals surface area contributed by atoms with Crippen LogP contribution < -0.4 is 11.1 Å². The fourth-order valence-corrected chi connectivity index (χ4v) is 3.44. The molecule has 1 aliphatic rings. The summed E-state index contributed by atoms with van der Waals surface area (Å²) in [5.74, 6) is -0.351. The van der Waals surface area contributed by atoms with Crippen LogP contribution in [0.4, 0.5) is 11.4 Å². The number of rotatable bonds is 6. The minimum Gasteiger partial charge on any atom is -0.398 e. The standard InChI is InChI=1S/C23H24N6O2/c1-16(23(30)28-20-4-5-26-27-14-20)21-11-18(2-3-22(21)24)19-10-17(12-25-13-19)15-29-6-8-31-9-7-29/h2-5,10-14H,1,6-9,15,24H2,(H,26,28,30). The smallest absolute Gasteiger partial charge is 0.255 e. The van der Waals surface area contributed by atoms with E-state index in [0.717, 1.165) is 49.5 Å². The van der Waals surface area contributed by atoms with Crippen molar-refractivity contribution in [3.63, 3.8) is 0 Å². The molecule has 0 spiro atoms. The van der Waals surface area contributed by atoms with Crippen LogP contribution in [0.25, 0.3) is 16.7 Å². The predicted molar refractivity (Wildman–Crippen MR) is 120 cm³/mol. The summed E-state index contributed by atoms with van der Waals surface area (Å²) in [6.07, 6.45) is 6.66. The molecule has 31 heavy (non-hydrogen) atoms. The Hall–Kier alpha value is -3.62. The fraction of sp³-hybridized carbons (Fsp3) is 0.217. The zero-order valence-corrected chi connectivity index (χ0v) is 17.1. The highest BCUT2D eigenvalue weighted by molar-refractivity contribution is 6.25. The van der Waals surface area contributed by atoms with Crippen LogP contribution in [0.3, 0.4) is 0 Å². The number of aromatic nitrogens is 3. The van der Waals surface area contributed by atoms with E-state index in [1.54, 1.807) is 12.1 Å². The highest BCUT2D eigenvalue weighted by Gasteiger charge is 2.15. The van der Waals surface area contributed by atoms with Gasteiger partial charge in [0.2, 0.25) is 0 Å². The van der Waals surface area contributed by atoms with Crippen LogP contribution in [0.15, 0.2) is 61.7 Å². The van der Waals surface area contributed by atoms with E-state index in [0.29, 0.717) is 16.9 Å². The average molecular weight is 416 g/mol. The van der Waals surface area contributed by atoms with Gasteiger partial charge in [-0.3, -0.25) is 14.7 Å². The van der Waals surface area contributed by atoms with E-state index in [2.05, 4.69) is 38.0 Å². The van der Waals surface area contributed by atoms with Gasteiger partial charge in [-0.2, -0.15) is 10.2 Å². The molecule has 1 aromatic carbocycles. The topological polar surface area (TPSA) is 106 Å². The maximum atomic E-state index is 12.6. The third-order valence-corrected chi connectivity index (χ3v) is 5.13. The van der Waals surface area contributed by atoms with Gasteiger partial charge < -0.3 is 15.8 Å². The molecular weight excluding hydrogens is 392 g/mol. The number of pyridine rings is 1. The molecule has 1 saturated heterocycles.